The molecule has 0 fully saturated rings. The van der Waals surface area contributed by atoms with Crippen molar-refractivity contribution in [3.05, 3.63) is 0 Å². The molecule has 6 heteroatoms. The average molecular weight is 241 g/mol. The molecule has 0 aromatic heterocycles. The second-order valence-corrected chi connectivity index (χ2v) is 3.74. The first-order chi connectivity index (χ1) is 7.35. The van der Waals surface area contributed by atoms with Crippen molar-refractivity contribution in [3.8, 4) is 0 Å². The van der Waals surface area contributed by atoms with Crippen LogP contribution in [0.4, 0.5) is 13.2 Å². The normalized spacial score (nSPS) is 12.1. The molecule has 0 spiro atoms. The first-order valence-electron chi connectivity index (χ1n) is 5.36. The van der Waals surface area contributed by atoms with Gasteiger partial charge in [0.15, 0.2) is 0 Å². The number of hydrogen-bond acceptors (Lipinski definition) is 2. The minimum absolute atomic E-state index is 0.0198. The topological polar surface area (TPSA) is 40.5 Å². The number of carboxylic acids is 1. The highest BCUT2D eigenvalue weighted by Gasteiger charge is 2.29. The van der Waals surface area contributed by atoms with Crippen LogP contribution in [-0.2, 0) is 4.79 Å². The first kappa shape index (κ1) is 15.2. The second kappa shape index (κ2) is 7.49. The van der Waals surface area contributed by atoms with E-state index >= 15 is 0 Å². The van der Waals surface area contributed by atoms with Gasteiger partial charge in [0, 0.05) is 6.42 Å². The molecular weight excluding hydrogens is 223 g/mol. The lowest BCUT2D eigenvalue weighted by Crippen LogP contribution is -2.35. The van der Waals surface area contributed by atoms with Crippen LogP contribution in [0.3, 0.4) is 0 Å². The van der Waals surface area contributed by atoms with Gasteiger partial charge in [-0.15, -0.1) is 0 Å². The van der Waals surface area contributed by atoms with Crippen LogP contribution in [0.25, 0.3) is 0 Å². The summed E-state index contributed by atoms with van der Waals surface area (Å²) < 4.78 is 36.4. The summed E-state index contributed by atoms with van der Waals surface area (Å²) in [6.07, 6.45) is -2.58. The molecule has 0 bridgehead atoms. The zero-order valence-corrected chi connectivity index (χ0v) is 9.39. The fourth-order valence-corrected chi connectivity index (χ4v) is 1.45. The predicted molar refractivity (Wildman–Crippen MR) is 54.3 cm³/mol. The molecule has 0 aliphatic heterocycles. The largest absolute Gasteiger partial charge is 0.481 e. The van der Waals surface area contributed by atoms with Crippen molar-refractivity contribution in [2.75, 3.05) is 19.6 Å². The first-order valence-corrected chi connectivity index (χ1v) is 5.36. The van der Waals surface area contributed by atoms with E-state index < -0.39 is 18.7 Å². The van der Waals surface area contributed by atoms with Crippen LogP contribution in [0, 0.1) is 0 Å². The van der Waals surface area contributed by atoms with Crippen molar-refractivity contribution in [1.82, 2.24) is 4.90 Å². The SMILES string of the molecule is CCCN(CCCCC(=O)O)CC(F)(F)F. The van der Waals surface area contributed by atoms with E-state index in [2.05, 4.69) is 0 Å². The van der Waals surface area contributed by atoms with Gasteiger partial charge >= 0.3 is 12.1 Å². The van der Waals surface area contributed by atoms with Gasteiger partial charge in [-0.1, -0.05) is 6.92 Å². The molecule has 0 heterocycles. The second-order valence-electron chi connectivity index (χ2n) is 3.74. The zero-order valence-electron chi connectivity index (χ0n) is 9.39. The highest BCUT2D eigenvalue weighted by molar-refractivity contribution is 5.66. The predicted octanol–water partition coefficient (Wildman–Crippen LogP) is 2.52. The summed E-state index contributed by atoms with van der Waals surface area (Å²) in [4.78, 5) is 11.5. The van der Waals surface area contributed by atoms with Gasteiger partial charge in [0.05, 0.1) is 6.54 Å². The van der Waals surface area contributed by atoms with E-state index in [9.17, 15) is 18.0 Å². The van der Waals surface area contributed by atoms with Crippen LogP contribution >= 0.6 is 0 Å². The van der Waals surface area contributed by atoms with Crippen molar-refractivity contribution < 1.29 is 23.1 Å². The Bertz CT molecular complexity index is 207. The van der Waals surface area contributed by atoms with Crippen molar-refractivity contribution in [2.24, 2.45) is 0 Å². The third-order valence-corrected chi connectivity index (χ3v) is 2.06. The molecule has 0 saturated heterocycles. The smallest absolute Gasteiger partial charge is 0.401 e. The summed E-state index contributed by atoms with van der Waals surface area (Å²) in [7, 11) is 0. The van der Waals surface area contributed by atoms with Gasteiger partial charge in [0.1, 0.15) is 0 Å². The lowest BCUT2D eigenvalue weighted by Gasteiger charge is -2.22. The highest BCUT2D eigenvalue weighted by Crippen LogP contribution is 2.17. The van der Waals surface area contributed by atoms with Crippen molar-refractivity contribution in [3.63, 3.8) is 0 Å². The van der Waals surface area contributed by atoms with Crippen LogP contribution in [-0.4, -0.2) is 41.8 Å². The molecule has 96 valence electrons. The molecule has 0 saturated carbocycles. The highest BCUT2D eigenvalue weighted by atomic mass is 19.4. The number of carbonyl (C=O) groups is 1. The lowest BCUT2D eigenvalue weighted by molar-refractivity contribution is -0.146. The van der Waals surface area contributed by atoms with Crippen LogP contribution < -0.4 is 0 Å². The molecule has 16 heavy (non-hydrogen) atoms. The Morgan fingerprint density at radius 1 is 1.25 bits per heavy atom. The van der Waals surface area contributed by atoms with Crippen molar-refractivity contribution in [2.45, 2.75) is 38.8 Å². The molecule has 0 atom stereocenters. The average Bonchev–Trinajstić information content (AvgIpc) is 2.09. The summed E-state index contributed by atoms with van der Waals surface area (Å²) in [6, 6.07) is 0. The number of unbranched alkanes of at least 4 members (excludes halogenated alkanes) is 1. The standard InChI is InChI=1S/C10H18F3NO2/c1-2-6-14(8-10(11,12)13)7-4-3-5-9(15)16/h2-8H2,1H3,(H,15,16). The third-order valence-electron chi connectivity index (χ3n) is 2.06. The van der Waals surface area contributed by atoms with Gasteiger partial charge in [-0.05, 0) is 32.4 Å². The Balaban J connectivity index is 3.80. The number of carboxylic acid groups (broad SMARTS) is 1. The Morgan fingerprint density at radius 3 is 2.31 bits per heavy atom. The number of nitrogens with zero attached hydrogens (tertiary/aromatic N) is 1. The number of rotatable bonds is 8. The molecule has 0 amide bonds. The van der Waals surface area contributed by atoms with Gasteiger partial charge in [0.2, 0.25) is 0 Å². The van der Waals surface area contributed by atoms with E-state index in [1.165, 1.54) is 4.90 Å². The van der Waals surface area contributed by atoms with Crippen LogP contribution in [0.5, 0.6) is 0 Å². The number of hydrogen-bond donors (Lipinski definition) is 1. The van der Waals surface area contributed by atoms with Crippen molar-refractivity contribution >= 4 is 5.97 Å². The molecule has 0 aliphatic carbocycles. The maximum Gasteiger partial charge on any atom is 0.401 e. The molecule has 0 aromatic rings. The molecule has 3 nitrogen and oxygen atoms in total. The van der Waals surface area contributed by atoms with E-state index in [1.54, 1.807) is 0 Å². The van der Waals surface area contributed by atoms with Gasteiger partial charge < -0.3 is 5.11 Å². The van der Waals surface area contributed by atoms with Crippen LogP contribution in [0.1, 0.15) is 32.6 Å². The van der Waals surface area contributed by atoms with E-state index in [4.69, 9.17) is 5.11 Å². The van der Waals surface area contributed by atoms with E-state index in [1.807, 2.05) is 6.92 Å². The monoisotopic (exact) mass is 241 g/mol. The summed E-state index contributed by atoms with van der Waals surface area (Å²) in [5.74, 6) is -0.905. The Hall–Kier alpha value is -0.780. The molecule has 0 radical (unpaired) electrons. The fourth-order valence-electron chi connectivity index (χ4n) is 1.45. The molecule has 0 aromatic carbocycles. The minimum atomic E-state index is -4.18. The summed E-state index contributed by atoms with van der Waals surface area (Å²) in [5.41, 5.74) is 0. The van der Waals surface area contributed by atoms with Gasteiger partial charge in [-0.25, -0.2) is 0 Å². The third kappa shape index (κ3) is 9.76. The van der Waals surface area contributed by atoms with E-state index in [-0.39, 0.29) is 6.42 Å². The summed E-state index contributed by atoms with van der Waals surface area (Å²) >= 11 is 0. The molecular formula is C10H18F3NO2. The van der Waals surface area contributed by atoms with E-state index in [0.717, 1.165) is 0 Å². The molecule has 0 unspecified atom stereocenters. The lowest BCUT2D eigenvalue weighted by atomic mass is 10.2. The number of halogens is 3. The van der Waals surface area contributed by atoms with Gasteiger partial charge in [-0.2, -0.15) is 13.2 Å². The minimum Gasteiger partial charge on any atom is -0.481 e. The van der Waals surface area contributed by atoms with Crippen molar-refractivity contribution in [1.29, 1.82) is 0 Å². The van der Waals surface area contributed by atoms with Crippen LogP contribution in [0.2, 0.25) is 0 Å². The van der Waals surface area contributed by atoms with Gasteiger partial charge in [0.25, 0.3) is 0 Å². The molecule has 0 rings (SSSR count). The Labute approximate surface area is 93.2 Å². The zero-order chi connectivity index (χ0) is 12.6. The summed E-state index contributed by atoms with van der Waals surface area (Å²) in [5, 5.41) is 8.37. The summed E-state index contributed by atoms with van der Waals surface area (Å²) in [6.45, 7) is 1.61. The quantitative estimate of drug-likeness (QED) is 0.664. The van der Waals surface area contributed by atoms with Gasteiger partial charge in [-0.3, -0.25) is 9.69 Å². The maximum absolute atomic E-state index is 12.1. The molecule has 0 aliphatic rings. The fraction of sp³-hybridized carbons (Fsp3) is 0.900. The number of alkyl halides is 3. The maximum atomic E-state index is 12.1. The Morgan fingerprint density at radius 2 is 1.88 bits per heavy atom. The Kier molecular flexibility index (Phi) is 7.12. The van der Waals surface area contributed by atoms with Crippen LogP contribution in [0.15, 0.2) is 0 Å². The molecule has 1 N–H and O–H groups in total. The van der Waals surface area contributed by atoms with E-state index in [0.29, 0.717) is 32.4 Å². The number of aliphatic carboxylic acids is 1.